The van der Waals surface area contributed by atoms with Crippen molar-refractivity contribution in [2.24, 2.45) is 0 Å². The van der Waals surface area contributed by atoms with E-state index in [1.807, 2.05) is 6.07 Å². The lowest BCUT2D eigenvalue weighted by atomic mass is 10.0. The lowest BCUT2D eigenvalue weighted by molar-refractivity contribution is 0.102. The molecule has 1 aliphatic heterocycles. The highest BCUT2D eigenvalue weighted by Crippen LogP contribution is 2.34. The van der Waals surface area contributed by atoms with E-state index < -0.39 is 15.8 Å². The highest BCUT2D eigenvalue weighted by atomic mass is 35.5. The van der Waals surface area contributed by atoms with Crippen molar-refractivity contribution in [3.05, 3.63) is 82.4 Å². The fraction of sp³-hybridized carbons (Fsp3) is 0.182. The number of hydrogen-bond acceptors (Lipinski definition) is 4. The Kier molecular flexibility index (Phi) is 5.68. The topological polar surface area (TPSA) is 79.4 Å². The molecule has 160 valence electrons. The van der Waals surface area contributed by atoms with Crippen molar-refractivity contribution in [2.45, 2.75) is 24.7 Å². The molecule has 0 saturated heterocycles. The Morgan fingerprint density at radius 2 is 1.87 bits per heavy atom. The molecule has 6 nitrogen and oxygen atoms in total. The van der Waals surface area contributed by atoms with Gasteiger partial charge in [0.05, 0.1) is 10.6 Å². The van der Waals surface area contributed by atoms with E-state index in [-0.39, 0.29) is 16.0 Å². The first-order valence-electron chi connectivity index (χ1n) is 9.61. The van der Waals surface area contributed by atoms with E-state index >= 15 is 0 Å². The van der Waals surface area contributed by atoms with Crippen LogP contribution < -0.4 is 9.62 Å². The molecule has 9 heteroatoms. The second-order valence-corrected chi connectivity index (χ2v) is 9.50. The van der Waals surface area contributed by atoms with Gasteiger partial charge in [-0.1, -0.05) is 17.7 Å². The highest BCUT2D eigenvalue weighted by molar-refractivity contribution is 7.92. The molecule has 1 amide bonds. The van der Waals surface area contributed by atoms with E-state index in [0.717, 1.165) is 24.1 Å². The molecule has 0 saturated carbocycles. The van der Waals surface area contributed by atoms with Crippen molar-refractivity contribution < 1.29 is 17.6 Å². The molecule has 0 atom stereocenters. The fourth-order valence-electron chi connectivity index (χ4n) is 3.56. The molecule has 2 aromatic carbocycles. The van der Waals surface area contributed by atoms with Gasteiger partial charge in [0.25, 0.3) is 15.9 Å². The number of amides is 1. The van der Waals surface area contributed by atoms with Crippen LogP contribution in [0.4, 0.5) is 15.8 Å². The maximum Gasteiger partial charge on any atom is 0.264 e. The summed E-state index contributed by atoms with van der Waals surface area (Å²) in [5, 5.41) is 3.00. The molecule has 1 aliphatic rings. The van der Waals surface area contributed by atoms with Gasteiger partial charge in [-0.25, -0.2) is 17.8 Å². The molecule has 31 heavy (non-hydrogen) atoms. The molecule has 0 fully saturated rings. The van der Waals surface area contributed by atoms with Crippen molar-refractivity contribution in [3.63, 3.8) is 0 Å². The standard InChI is InChI=1S/C22H19ClFN3O3S/c1-14-11-16(12-21(23)25-14)22(28)26-18-7-4-15-3-2-10-27(20(15)13-18)31(29,30)19-8-5-17(24)6-9-19/h4-9,11-13H,2-3,10H2,1H3,(H,26,28). The molecule has 0 aliphatic carbocycles. The number of aromatic nitrogens is 1. The quantitative estimate of drug-likeness (QED) is 0.579. The number of hydrogen-bond donors (Lipinski definition) is 1. The molecule has 2 heterocycles. The summed E-state index contributed by atoms with van der Waals surface area (Å²) in [5.41, 5.74) is 2.77. The number of pyridine rings is 1. The van der Waals surface area contributed by atoms with E-state index in [2.05, 4.69) is 10.3 Å². The number of carbonyl (C=O) groups excluding carboxylic acids is 1. The maximum absolute atomic E-state index is 13.3. The summed E-state index contributed by atoms with van der Waals surface area (Å²) in [7, 11) is -3.87. The summed E-state index contributed by atoms with van der Waals surface area (Å²) >= 11 is 5.94. The number of fused-ring (bicyclic) bond motifs is 1. The van der Waals surface area contributed by atoms with Crippen LogP contribution in [0.25, 0.3) is 0 Å². The number of nitrogens with one attached hydrogen (secondary N) is 1. The number of anilines is 2. The first kappa shape index (κ1) is 21.3. The highest BCUT2D eigenvalue weighted by Gasteiger charge is 2.29. The molecule has 0 bridgehead atoms. The molecular weight excluding hydrogens is 441 g/mol. The average molecular weight is 460 g/mol. The first-order chi connectivity index (χ1) is 14.7. The minimum atomic E-state index is -3.87. The van der Waals surface area contributed by atoms with Crippen LogP contribution in [0.1, 0.15) is 28.0 Å². The van der Waals surface area contributed by atoms with Gasteiger partial charge in [-0.3, -0.25) is 9.10 Å². The molecular formula is C22H19ClFN3O3S. The smallest absolute Gasteiger partial charge is 0.264 e. The van der Waals surface area contributed by atoms with Crippen LogP contribution in [-0.2, 0) is 16.4 Å². The van der Waals surface area contributed by atoms with Gasteiger partial charge >= 0.3 is 0 Å². The van der Waals surface area contributed by atoms with Crippen molar-refractivity contribution in [1.29, 1.82) is 0 Å². The summed E-state index contributed by atoms with van der Waals surface area (Å²) in [6, 6.07) is 13.0. The van der Waals surface area contributed by atoms with Gasteiger partial charge in [0.15, 0.2) is 0 Å². The molecule has 3 aromatic rings. The summed E-state index contributed by atoms with van der Waals surface area (Å²) in [6.07, 6.45) is 1.38. The second kappa shape index (κ2) is 8.28. The number of nitrogens with zero attached hydrogens (tertiary/aromatic N) is 2. The number of sulfonamides is 1. The number of carbonyl (C=O) groups is 1. The molecule has 0 spiro atoms. The van der Waals surface area contributed by atoms with Crippen LogP contribution in [0.5, 0.6) is 0 Å². The fourth-order valence-corrected chi connectivity index (χ4v) is 5.35. The second-order valence-electron chi connectivity index (χ2n) is 7.25. The van der Waals surface area contributed by atoms with E-state index in [1.54, 1.807) is 25.1 Å². The normalized spacial score (nSPS) is 13.6. The van der Waals surface area contributed by atoms with Crippen LogP contribution in [-0.4, -0.2) is 25.9 Å². The number of benzene rings is 2. The number of aryl methyl sites for hydroxylation is 2. The van der Waals surface area contributed by atoms with E-state index in [9.17, 15) is 17.6 Å². The zero-order chi connectivity index (χ0) is 22.2. The van der Waals surface area contributed by atoms with Crippen molar-refractivity contribution in [2.75, 3.05) is 16.2 Å². The van der Waals surface area contributed by atoms with Crippen molar-refractivity contribution >= 4 is 38.9 Å². The average Bonchev–Trinajstić information content (AvgIpc) is 2.73. The summed E-state index contributed by atoms with van der Waals surface area (Å²) in [6.45, 7) is 2.03. The predicted molar refractivity (Wildman–Crippen MR) is 118 cm³/mol. The van der Waals surface area contributed by atoms with E-state index in [0.29, 0.717) is 35.6 Å². The SMILES string of the molecule is Cc1cc(C(=O)Nc2ccc3c(c2)N(S(=O)(=O)c2ccc(F)cc2)CCC3)cc(Cl)n1. The van der Waals surface area contributed by atoms with Gasteiger partial charge in [-0.15, -0.1) is 0 Å². The van der Waals surface area contributed by atoms with Crippen LogP contribution in [0, 0.1) is 12.7 Å². The van der Waals surface area contributed by atoms with Gasteiger partial charge in [0, 0.05) is 23.5 Å². The van der Waals surface area contributed by atoms with Gasteiger partial charge in [-0.05, 0) is 73.9 Å². The van der Waals surface area contributed by atoms with Crippen LogP contribution in [0.3, 0.4) is 0 Å². The molecule has 0 radical (unpaired) electrons. The minimum Gasteiger partial charge on any atom is -0.322 e. The lowest BCUT2D eigenvalue weighted by Gasteiger charge is -2.31. The predicted octanol–water partition coefficient (Wildman–Crippen LogP) is 4.58. The van der Waals surface area contributed by atoms with E-state index in [1.165, 1.54) is 22.5 Å². The Morgan fingerprint density at radius 1 is 1.13 bits per heavy atom. The number of halogens is 2. The Balaban J connectivity index is 1.66. The van der Waals surface area contributed by atoms with Crippen molar-refractivity contribution in [1.82, 2.24) is 4.98 Å². The van der Waals surface area contributed by atoms with Gasteiger partial charge in [0.1, 0.15) is 11.0 Å². The molecule has 1 N–H and O–H groups in total. The van der Waals surface area contributed by atoms with Gasteiger partial charge < -0.3 is 5.32 Å². The van der Waals surface area contributed by atoms with Gasteiger partial charge in [0.2, 0.25) is 0 Å². The lowest BCUT2D eigenvalue weighted by Crippen LogP contribution is -2.35. The maximum atomic E-state index is 13.3. The Morgan fingerprint density at radius 3 is 2.58 bits per heavy atom. The monoisotopic (exact) mass is 459 g/mol. The van der Waals surface area contributed by atoms with Crippen LogP contribution >= 0.6 is 11.6 Å². The molecule has 0 unspecified atom stereocenters. The number of rotatable bonds is 4. The zero-order valence-electron chi connectivity index (χ0n) is 16.6. The van der Waals surface area contributed by atoms with E-state index in [4.69, 9.17) is 11.6 Å². The Hall–Kier alpha value is -2.97. The summed E-state index contributed by atoms with van der Waals surface area (Å²) in [4.78, 5) is 16.7. The zero-order valence-corrected chi connectivity index (χ0v) is 18.2. The largest absolute Gasteiger partial charge is 0.322 e. The third-order valence-corrected chi connectivity index (χ3v) is 7.03. The van der Waals surface area contributed by atoms with Gasteiger partial charge in [-0.2, -0.15) is 0 Å². The molecule has 4 rings (SSSR count). The molecule has 1 aromatic heterocycles. The summed E-state index contributed by atoms with van der Waals surface area (Å²) in [5.74, 6) is -0.884. The van der Waals surface area contributed by atoms with Crippen LogP contribution in [0.15, 0.2) is 59.5 Å². The third-order valence-electron chi connectivity index (χ3n) is 5.01. The Labute approximate surface area is 184 Å². The minimum absolute atomic E-state index is 0.0121. The van der Waals surface area contributed by atoms with Crippen LogP contribution in [0.2, 0.25) is 5.15 Å². The third kappa shape index (κ3) is 4.40. The first-order valence-corrected chi connectivity index (χ1v) is 11.4. The Bertz CT molecular complexity index is 1240. The summed E-state index contributed by atoms with van der Waals surface area (Å²) < 4.78 is 40.9. The van der Waals surface area contributed by atoms with Crippen molar-refractivity contribution in [3.8, 4) is 0 Å².